The highest BCUT2D eigenvalue weighted by Gasteiger charge is 2.49. The molecule has 0 bridgehead atoms. The van der Waals surface area contributed by atoms with Gasteiger partial charge in [-0.1, -0.05) is 50.2 Å². The van der Waals surface area contributed by atoms with Gasteiger partial charge in [0, 0.05) is 17.7 Å². The van der Waals surface area contributed by atoms with Crippen LogP contribution in [-0.4, -0.2) is 35.1 Å². The Bertz CT molecular complexity index is 1280. The lowest BCUT2D eigenvalue weighted by atomic mass is 9.90. The van der Waals surface area contributed by atoms with Gasteiger partial charge in [0.2, 0.25) is 5.91 Å². The van der Waals surface area contributed by atoms with Crippen LogP contribution in [-0.2, 0) is 15.1 Å². The number of hydrogen-bond acceptors (Lipinski definition) is 4. The molecule has 0 saturated carbocycles. The molecule has 1 heterocycles. The Balaban J connectivity index is 1.47. The van der Waals surface area contributed by atoms with E-state index >= 15 is 0 Å². The summed E-state index contributed by atoms with van der Waals surface area (Å²) in [5.74, 6) is -0.698. The maximum absolute atomic E-state index is 13.2. The second kappa shape index (κ2) is 9.09. The molecule has 0 aliphatic carbocycles. The molecular weight excluding hydrogens is 430 g/mol. The van der Waals surface area contributed by atoms with Gasteiger partial charge < -0.3 is 10.6 Å². The van der Waals surface area contributed by atoms with Crippen molar-refractivity contribution in [1.29, 1.82) is 0 Å². The largest absolute Gasteiger partial charge is 0.326 e. The summed E-state index contributed by atoms with van der Waals surface area (Å²) in [6.45, 7) is 5.20. The predicted molar refractivity (Wildman–Crippen MR) is 130 cm³/mol. The zero-order chi connectivity index (χ0) is 24.5. The normalized spacial score (nSPS) is 17.8. The summed E-state index contributed by atoms with van der Waals surface area (Å²) in [6, 6.07) is 19.2. The first-order chi connectivity index (χ1) is 16.2. The van der Waals surface area contributed by atoms with E-state index in [9.17, 15) is 19.2 Å². The molecule has 3 aromatic rings. The van der Waals surface area contributed by atoms with Crippen LogP contribution < -0.4 is 10.6 Å². The van der Waals surface area contributed by atoms with Gasteiger partial charge in [0.1, 0.15) is 5.54 Å². The Morgan fingerprint density at radius 3 is 2.32 bits per heavy atom. The number of ketones is 1. The SMILES string of the molecule is CC(C)CC(=O)Nc1ccc(C(=O)CN2C(=O)N[C@](C)(c3ccc4ccccc4c3)C2=O)cc1. The summed E-state index contributed by atoms with van der Waals surface area (Å²) in [5.41, 5.74) is 0.329. The maximum Gasteiger partial charge on any atom is 0.325 e. The number of benzene rings is 3. The van der Waals surface area contributed by atoms with Crippen LogP contribution in [0.25, 0.3) is 10.8 Å². The van der Waals surface area contributed by atoms with Crippen molar-refractivity contribution in [2.45, 2.75) is 32.7 Å². The summed E-state index contributed by atoms with van der Waals surface area (Å²) in [6.07, 6.45) is 0.406. The first-order valence-corrected chi connectivity index (χ1v) is 11.2. The fourth-order valence-electron chi connectivity index (χ4n) is 4.09. The topological polar surface area (TPSA) is 95.6 Å². The van der Waals surface area contributed by atoms with Crippen molar-refractivity contribution in [2.75, 3.05) is 11.9 Å². The van der Waals surface area contributed by atoms with Gasteiger partial charge >= 0.3 is 6.03 Å². The lowest BCUT2D eigenvalue weighted by Crippen LogP contribution is -2.41. The second-order valence-electron chi connectivity index (χ2n) is 9.16. The van der Waals surface area contributed by atoms with Crippen LogP contribution in [0.15, 0.2) is 66.7 Å². The summed E-state index contributed by atoms with van der Waals surface area (Å²) in [4.78, 5) is 51.6. The van der Waals surface area contributed by atoms with E-state index in [0.717, 1.165) is 15.7 Å². The van der Waals surface area contributed by atoms with Gasteiger partial charge in [-0.05, 0) is 59.5 Å². The van der Waals surface area contributed by atoms with Crippen molar-refractivity contribution >= 4 is 40.1 Å². The Kier molecular flexibility index (Phi) is 6.20. The van der Waals surface area contributed by atoms with Gasteiger partial charge in [-0.2, -0.15) is 0 Å². The summed E-state index contributed by atoms with van der Waals surface area (Å²) in [5, 5.41) is 7.53. The Hall–Kier alpha value is -4.00. The van der Waals surface area contributed by atoms with E-state index in [-0.39, 0.29) is 24.2 Å². The van der Waals surface area contributed by atoms with Crippen LogP contribution >= 0.6 is 0 Å². The molecule has 3 aromatic carbocycles. The lowest BCUT2D eigenvalue weighted by Gasteiger charge is -2.22. The molecule has 34 heavy (non-hydrogen) atoms. The van der Waals surface area contributed by atoms with Crippen molar-refractivity contribution in [3.05, 3.63) is 77.9 Å². The van der Waals surface area contributed by atoms with Crippen molar-refractivity contribution < 1.29 is 19.2 Å². The predicted octanol–water partition coefficient (Wildman–Crippen LogP) is 4.47. The number of anilines is 1. The average molecular weight is 458 g/mol. The van der Waals surface area contributed by atoms with Crippen LogP contribution in [0.2, 0.25) is 0 Å². The van der Waals surface area contributed by atoms with Crippen LogP contribution in [0.5, 0.6) is 0 Å². The fourth-order valence-corrected chi connectivity index (χ4v) is 4.09. The standard InChI is InChI=1S/C27H27N3O4/c1-17(2)14-24(32)28-22-12-9-19(10-13-22)23(31)16-30-25(33)27(3,29-26(30)34)21-11-8-18-6-4-5-7-20(18)15-21/h4-13,15,17H,14,16H2,1-3H3,(H,28,32)(H,29,34)/t27-/m1/s1. The Morgan fingerprint density at radius 2 is 1.65 bits per heavy atom. The van der Waals surface area contributed by atoms with E-state index in [0.29, 0.717) is 23.2 Å². The van der Waals surface area contributed by atoms with Crippen molar-refractivity contribution in [3.8, 4) is 0 Å². The number of hydrogen-bond donors (Lipinski definition) is 2. The number of nitrogens with zero attached hydrogens (tertiary/aromatic N) is 1. The van der Waals surface area contributed by atoms with Crippen molar-refractivity contribution in [3.63, 3.8) is 0 Å². The molecule has 1 saturated heterocycles. The molecule has 4 amide bonds. The van der Waals surface area contributed by atoms with E-state index < -0.39 is 17.5 Å². The van der Waals surface area contributed by atoms with E-state index in [1.807, 2.05) is 56.3 Å². The van der Waals surface area contributed by atoms with E-state index in [4.69, 9.17) is 0 Å². The number of nitrogens with one attached hydrogen (secondary N) is 2. The average Bonchev–Trinajstić information content (AvgIpc) is 3.02. The molecule has 7 heteroatoms. The summed E-state index contributed by atoms with van der Waals surface area (Å²) >= 11 is 0. The molecule has 0 unspecified atom stereocenters. The smallest absolute Gasteiger partial charge is 0.325 e. The quantitative estimate of drug-likeness (QED) is 0.404. The molecule has 7 nitrogen and oxygen atoms in total. The van der Waals surface area contributed by atoms with Gasteiger partial charge in [-0.15, -0.1) is 0 Å². The molecular formula is C27H27N3O4. The van der Waals surface area contributed by atoms with Crippen molar-refractivity contribution in [2.24, 2.45) is 5.92 Å². The highest BCUT2D eigenvalue weighted by molar-refractivity contribution is 6.11. The number of carbonyl (C=O) groups excluding carboxylic acids is 4. The molecule has 1 aliphatic rings. The Morgan fingerprint density at radius 1 is 0.971 bits per heavy atom. The van der Waals surface area contributed by atoms with Crippen LogP contribution in [0.1, 0.15) is 43.1 Å². The molecule has 0 radical (unpaired) electrons. The first kappa shape index (κ1) is 23.2. The number of fused-ring (bicyclic) bond motifs is 1. The third kappa shape index (κ3) is 4.55. The number of amides is 4. The molecule has 0 aromatic heterocycles. The molecule has 2 N–H and O–H groups in total. The molecule has 174 valence electrons. The lowest BCUT2D eigenvalue weighted by molar-refractivity contribution is -0.130. The third-order valence-corrected chi connectivity index (χ3v) is 5.99. The van der Waals surface area contributed by atoms with Crippen molar-refractivity contribution in [1.82, 2.24) is 10.2 Å². The zero-order valence-electron chi connectivity index (χ0n) is 19.4. The Labute approximate surface area is 198 Å². The van der Waals surface area contributed by atoms with E-state index in [1.165, 1.54) is 0 Å². The maximum atomic E-state index is 13.2. The van der Waals surface area contributed by atoms with Gasteiger partial charge in [-0.25, -0.2) is 4.79 Å². The molecule has 1 fully saturated rings. The monoisotopic (exact) mass is 457 g/mol. The van der Waals surface area contributed by atoms with Crippen LogP contribution in [0, 0.1) is 5.92 Å². The second-order valence-corrected chi connectivity index (χ2v) is 9.16. The minimum atomic E-state index is -1.26. The van der Waals surface area contributed by atoms with Gasteiger partial charge in [0.25, 0.3) is 5.91 Å². The molecule has 1 atom stereocenters. The number of urea groups is 1. The number of Topliss-reactive ketones (excluding diaryl/α,β-unsaturated/α-hetero) is 1. The fraction of sp³-hybridized carbons (Fsp3) is 0.259. The number of imide groups is 1. The minimum absolute atomic E-state index is 0.0959. The van der Waals surface area contributed by atoms with E-state index in [1.54, 1.807) is 31.2 Å². The molecule has 4 rings (SSSR count). The molecule has 0 spiro atoms. The van der Waals surface area contributed by atoms with Crippen LogP contribution in [0.3, 0.4) is 0 Å². The summed E-state index contributed by atoms with van der Waals surface area (Å²) < 4.78 is 0. The third-order valence-electron chi connectivity index (χ3n) is 5.99. The minimum Gasteiger partial charge on any atom is -0.326 e. The summed E-state index contributed by atoms with van der Waals surface area (Å²) in [7, 11) is 0. The number of rotatable bonds is 7. The van der Waals surface area contributed by atoms with E-state index in [2.05, 4.69) is 10.6 Å². The van der Waals surface area contributed by atoms with Crippen LogP contribution in [0.4, 0.5) is 10.5 Å². The molecule has 1 aliphatic heterocycles. The van der Waals surface area contributed by atoms with Gasteiger partial charge in [-0.3, -0.25) is 19.3 Å². The number of carbonyl (C=O) groups is 4. The zero-order valence-corrected chi connectivity index (χ0v) is 19.4. The highest BCUT2D eigenvalue weighted by atomic mass is 16.2. The highest BCUT2D eigenvalue weighted by Crippen LogP contribution is 2.31. The van der Waals surface area contributed by atoms with Gasteiger partial charge in [0.15, 0.2) is 5.78 Å². The van der Waals surface area contributed by atoms with Gasteiger partial charge in [0.05, 0.1) is 6.54 Å². The first-order valence-electron chi connectivity index (χ1n) is 11.2.